The van der Waals surface area contributed by atoms with E-state index in [9.17, 15) is 0 Å². The van der Waals surface area contributed by atoms with E-state index in [1.165, 1.54) is 23.1 Å². The fourth-order valence-corrected chi connectivity index (χ4v) is 3.55. The lowest BCUT2D eigenvalue weighted by molar-refractivity contribution is 0.604. The van der Waals surface area contributed by atoms with E-state index in [-0.39, 0.29) is 0 Å². The SMILES string of the molecule is CCNc1nc(N(CC(C)C)C2CC2)c2cc(C)sc2n1. The van der Waals surface area contributed by atoms with Crippen molar-refractivity contribution >= 4 is 33.3 Å². The molecule has 1 fully saturated rings. The fraction of sp³-hybridized carbons (Fsp3) is 0.625. The second kappa shape index (κ2) is 5.79. The molecule has 21 heavy (non-hydrogen) atoms. The van der Waals surface area contributed by atoms with Crippen LogP contribution in [-0.2, 0) is 0 Å². The smallest absolute Gasteiger partial charge is 0.226 e. The van der Waals surface area contributed by atoms with Gasteiger partial charge in [0.05, 0.1) is 5.39 Å². The lowest BCUT2D eigenvalue weighted by Gasteiger charge is -2.26. The number of hydrogen-bond acceptors (Lipinski definition) is 5. The molecule has 0 spiro atoms. The second-order valence-corrected chi connectivity index (χ2v) is 7.49. The summed E-state index contributed by atoms with van der Waals surface area (Å²) in [5.74, 6) is 2.52. The average Bonchev–Trinajstić information content (AvgIpc) is 3.17. The van der Waals surface area contributed by atoms with Gasteiger partial charge in [-0.15, -0.1) is 11.3 Å². The highest BCUT2D eigenvalue weighted by molar-refractivity contribution is 7.18. The normalized spacial score (nSPS) is 14.9. The summed E-state index contributed by atoms with van der Waals surface area (Å²) in [5, 5.41) is 4.49. The number of nitrogens with one attached hydrogen (secondary N) is 1. The van der Waals surface area contributed by atoms with Gasteiger partial charge in [-0.1, -0.05) is 13.8 Å². The van der Waals surface area contributed by atoms with Crippen molar-refractivity contribution in [1.82, 2.24) is 9.97 Å². The summed E-state index contributed by atoms with van der Waals surface area (Å²) in [5.41, 5.74) is 0. The molecule has 0 unspecified atom stereocenters. The summed E-state index contributed by atoms with van der Waals surface area (Å²) in [6.45, 7) is 10.7. The Bertz CT molecular complexity index is 630. The summed E-state index contributed by atoms with van der Waals surface area (Å²) in [6, 6.07) is 2.90. The minimum Gasteiger partial charge on any atom is -0.354 e. The number of aryl methyl sites for hydroxylation is 1. The Balaban J connectivity index is 2.08. The molecular formula is C16H24N4S. The minimum absolute atomic E-state index is 0.637. The Morgan fingerprint density at radius 3 is 2.76 bits per heavy atom. The van der Waals surface area contributed by atoms with Gasteiger partial charge in [0.1, 0.15) is 10.6 Å². The summed E-state index contributed by atoms with van der Waals surface area (Å²) < 4.78 is 0. The Labute approximate surface area is 130 Å². The molecule has 1 aliphatic rings. The third kappa shape index (κ3) is 3.12. The van der Waals surface area contributed by atoms with Gasteiger partial charge in [0.25, 0.3) is 0 Å². The van der Waals surface area contributed by atoms with Crippen LogP contribution in [0.15, 0.2) is 6.07 Å². The maximum absolute atomic E-state index is 4.83. The first-order valence-corrected chi connectivity index (χ1v) is 8.68. The van der Waals surface area contributed by atoms with E-state index in [0.717, 1.165) is 29.7 Å². The zero-order chi connectivity index (χ0) is 15.0. The molecule has 5 heteroatoms. The summed E-state index contributed by atoms with van der Waals surface area (Å²) in [7, 11) is 0. The van der Waals surface area contributed by atoms with Crippen molar-refractivity contribution in [1.29, 1.82) is 0 Å². The zero-order valence-electron chi connectivity index (χ0n) is 13.3. The van der Waals surface area contributed by atoms with Crippen molar-refractivity contribution in [2.45, 2.75) is 46.6 Å². The maximum Gasteiger partial charge on any atom is 0.226 e. The highest BCUT2D eigenvalue weighted by Crippen LogP contribution is 2.37. The third-order valence-electron chi connectivity index (χ3n) is 3.65. The van der Waals surface area contributed by atoms with Crippen molar-refractivity contribution in [2.75, 3.05) is 23.3 Å². The number of thiophene rings is 1. The third-order valence-corrected chi connectivity index (χ3v) is 4.60. The van der Waals surface area contributed by atoms with E-state index in [1.807, 2.05) is 0 Å². The van der Waals surface area contributed by atoms with E-state index in [1.54, 1.807) is 11.3 Å². The van der Waals surface area contributed by atoms with E-state index in [4.69, 9.17) is 4.98 Å². The molecule has 2 aromatic rings. The topological polar surface area (TPSA) is 41.1 Å². The standard InChI is InChI=1S/C16H24N4S/c1-5-17-16-18-14(13-8-11(4)21-15(13)19-16)20(9-10(2)3)12-6-7-12/h8,10,12H,5-7,9H2,1-4H3,(H,17,18,19). The molecule has 0 saturated heterocycles. The highest BCUT2D eigenvalue weighted by Gasteiger charge is 2.32. The number of nitrogens with zero attached hydrogens (tertiary/aromatic N) is 3. The van der Waals surface area contributed by atoms with Gasteiger partial charge < -0.3 is 10.2 Å². The molecule has 0 aromatic carbocycles. The molecule has 0 atom stereocenters. The van der Waals surface area contributed by atoms with Crippen molar-refractivity contribution in [3.8, 4) is 0 Å². The fourth-order valence-electron chi connectivity index (χ4n) is 2.67. The van der Waals surface area contributed by atoms with Gasteiger partial charge in [0.2, 0.25) is 5.95 Å². The van der Waals surface area contributed by atoms with Crippen molar-refractivity contribution in [3.05, 3.63) is 10.9 Å². The predicted molar refractivity (Wildman–Crippen MR) is 91.5 cm³/mol. The van der Waals surface area contributed by atoms with Crippen LogP contribution in [0.5, 0.6) is 0 Å². The molecule has 0 radical (unpaired) electrons. The van der Waals surface area contributed by atoms with Gasteiger partial charge in [-0.2, -0.15) is 4.98 Å². The summed E-state index contributed by atoms with van der Waals surface area (Å²) >= 11 is 1.76. The van der Waals surface area contributed by atoms with Crippen LogP contribution in [0, 0.1) is 12.8 Å². The van der Waals surface area contributed by atoms with Gasteiger partial charge in [-0.25, -0.2) is 4.98 Å². The zero-order valence-corrected chi connectivity index (χ0v) is 14.1. The predicted octanol–water partition coefficient (Wildman–Crippen LogP) is 4.06. The van der Waals surface area contributed by atoms with E-state index < -0.39 is 0 Å². The quantitative estimate of drug-likeness (QED) is 0.874. The molecule has 4 nitrogen and oxygen atoms in total. The van der Waals surface area contributed by atoms with Crippen LogP contribution in [0.3, 0.4) is 0 Å². The van der Waals surface area contributed by atoms with Crippen LogP contribution < -0.4 is 10.2 Å². The van der Waals surface area contributed by atoms with Crippen LogP contribution in [-0.4, -0.2) is 29.1 Å². The number of fused-ring (bicyclic) bond motifs is 1. The number of rotatable bonds is 6. The van der Waals surface area contributed by atoms with Crippen LogP contribution >= 0.6 is 11.3 Å². The van der Waals surface area contributed by atoms with Crippen LogP contribution in [0.25, 0.3) is 10.2 Å². The number of aromatic nitrogens is 2. The lowest BCUT2D eigenvalue weighted by atomic mass is 10.2. The van der Waals surface area contributed by atoms with Crippen LogP contribution in [0.4, 0.5) is 11.8 Å². The molecule has 1 N–H and O–H groups in total. The van der Waals surface area contributed by atoms with Crippen molar-refractivity contribution < 1.29 is 0 Å². The van der Waals surface area contributed by atoms with E-state index in [0.29, 0.717) is 12.0 Å². The van der Waals surface area contributed by atoms with Crippen molar-refractivity contribution in [2.24, 2.45) is 5.92 Å². The molecular weight excluding hydrogens is 280 g/mol. The molecule has 114 valence electrons. The Hall–Kier alpha value is -1.36. The van der Waals surface area contributed by atoms with Gasteiger partial charge >= 0.3 is 0 Å². The molecule has 0 aliphatic heterocycles. The molecule has 0 bridgehead atoms. The largest absolute Gasteiger partial charge is 0.354 e. The molecule has 2 heterocycles. The summed E-state index contributed by atoms with van der Waals surface area (Å²) in [4.78, 5) is 14.4. The van der Waals surface area contributed by atoms with Crippen LogP contribution in [0.1, 0.15) is 38.5 Å². The first-order valence-electron chi connectivity index (χ1n) is 7.87. The molecule has 0 amide bonds. The number of hydrogen-bond donors (Lipinski definition) is 1. The molecule has 2 aromatic heterocycles. The van der Waals surface area contributed by atoms with Crippen LogP contribution in [0.2, 0.25) is 0 Å². The van der Waals surface area contributed by atoms with Crippen molar-refractivity contribution in [3.63, 3.8) is 0 Å². The Morgan fingerprint density at radius 2 is 2.14 bits per heavy atom. The molecule has 1 saturated carbocycles. The maximum atomic E-state index is 4.83. The van der Waals surface area contributed by atoms with Gasteiger partial charge in [-0.05, 0) is 38.7 Å². The first kappa shape index (κ1) is 14.6. The molecule has 1 aliphatic carbocycles. The lowest BCUT2D eigenvalue weighted by Crippen LogP contribution is -2.31. The van der Waals surface area contributed by atoms with Gasteiger partial charge in [0, 0.05) is 24.0 Å². The minimum atomic E-state index is 0.637. The van der Waals surface area contributed by atoms with E-state index in [2.05, 4.69) is 49.0 Å². The summed E-state index contributed by atoms with van der Waals surface area (Å²) in [6.07, 6.45) is 2.58. The van der Waals surface area contributed by atoms with Gasteiger partial charge in [-0.3, -0.25) is 0 Å². The van der Waals surface area contributed by atoms with E-state index >= 15 is 0 Å². The van der Waals surface area contributed by atoms with Gasteiger partial charge in [0.15, 0.2) is 0 Å². The highest BCUT2D eigenvalue weighted by atomic mass is 32.1. The molecule has 3 rings (SSSR count). The Morgan fingerprint density at radius 1 is 1.38 bits per heavy atom. The monoisotopic (exact) mass is 304 g/mol. The Kier molecular flexibility index (Phi) is 4.02. The first-order chi connectivity index (χ1) is 10.1. The second-order valence-electron chi connectivity index (χ2n) is 6.25. The number of anilines is 2. The average molecular weight is 304 g/mol.